The van der Waals surface area contributed by atoms with Crippen LogP contribution in [0.1, 0.15) is 53.4 Å². The predicted molar refractivity (Wildman–Crippen MR) is 97.2 cm³/mol. The van der Waals surface area contributed by atoms with Crippen LogP contribution in [0, 0.1) is 0 Å². The first-order valence-electron chi connectivity index (χ1n) is 7.98. The largest absolute Gasteiger partial charge is 0.408 e. The topological polar surface area (TPSA) is 9.23 Å². The molecule has 0 spiro atoms. The Morgan fingerprint density at radius 2 is 1.58 bits per heavy atom. The summed E-state index contributed by atoms with van der Waals surface area (Å²) in [4.78, 5) is 0. The molecule has 0 aliphatic carbocycles. The summed E-state index contributed by atoms with van der Waals surface area (Å²) in [6, 6.07) is 0. The van der Waals surface area contributed by atoms with Gasteiger partial charge in [-0.25, -0.2) is 0 Å². The van der Waals surface area contributed by atoms with E-state index < -0.39 is 15.4 Å². The Labute approximate surface area is 128 Å². The highest BCUT2D eigenvalue weighted by Gasteiger charge is 2.46. The normalized spacial score (nSPS) is 15.0. The van der Waals surface area contributed by atoms with E-state index in [-0.39, 0.29) is 0 Å². The van der Waals surface area contributed by atoms with Gasteiger partial charge in [0, 0.05) is 0 Å². The van der Waals surface area contributed by atoms with Crippen LogP contribution in [0.5, 0.6) is 0 Å². The van der Waals surface area contributed by atoms with Crippen LogP contribution in [-0.2, 0) is 4.43 Å². The molecule has 0 saturated carbocycles. The Morgan fingerprint density at radius 1 is 1.00 bits per heavy atom. The zero-order valence-electron chi connectivity index (χ0n) is 14.5. The van der Waals surface area contributed by atoms with Gasteiger partial charge in [0.05, 0.1) is 13.0 Å². The molecule has 0 fully saturated rings. The third kappa shape index (κ3) is 6.36. The van der Waals surface area contributed by atoms with Crippen LogP contribution in [0.25, 0.3) is 0 Å². The van der Waals surface area contributed by atoms with Crippen LogP contribution in [0.15, 0.2) is 0 Å². The highest BCUT2D eigenvalue weighted by Crippen LogP contribution is 2.34. The molecule has 1 nitrogen and oxygen atoms in total. The van der Waals surface area contributed by atoms with Gasteiger partial charge in [0.2, 0.25) is 0 Å². The Balaban J connectivity index is 4.62. The summed E-state index contributed by atoms with van der Waals surface area (Å²) < 4.78 is 6.71. The van der Waals surface area contributed by atoms with E-state index in [2.05, 4.69) is 53.9 Å². The van der Waals surface area contributed by atoms with Crippen molar-refractivity contribution < 1.29 is 4.43 Å². The quantitative estimate of drug-likeness (QED) is 0.275. The Kier molecular flexibility index (Phi) is 9.25. The number of thioether (sulfide) groups is 1. The molecule has 0 N–H and O–H groups in total. The molecule has 0 aromatic heterocycles. The lowest BCUT2D eigenvalue weighted by Gasteiger charge is -2.42. The van der Waals surface area contributed by atoms with E-state index in [0.717, 1.165) is 5.54 Å². The molecule has 0 heterocycles. The van der Waals surface area contributed by atoms with E-state index >= 15 is 0 Å². The van der Waals surface area contributed by atoms with Crippen molar-refractivity contribution in [2.75, 3.05) is 5.75 Å². The molecule has 0 rings (SSSR count). The minimum atomic E-state index is -1.54. The predicted octanol–water partition coefficient (Wildman–Crippen LogP) is 6.06. The first kappa shape index (κ1) is 19.7. The minimum absolute atomic E-state index is 0.448. The van der Waals surface area contributed by atoms with Crippen molar-refractivity contribution >= 4 is 27.2 Å². The van der Waals surface area contributed by atoms with E-state index in [0.29, 0.717) is 5.44 Å². The van der Waals surface area contributed by atoms with Gasteiger partial charge in [0.1, 0.15) is 0 Å². The first-order valence-corrected chi connectivity index (χ1v) is 16.0. The molecule has 116 valence electrons. The third-order valence-corrected chi connectivity index (χ3v) is 24.3. The maximum Gasteiger partial charge on any atom is 0.175 e. The van der Waals surface area contributed by atoms with Crippen LogP contribution in [-0.4, -0.2) is 26.6 Å². The first-order chi connectivity index (χ1) is 8.69. The summed E-state index contributed by atoms with van der Waals surface area (Å²) in [5.74, 6) is 1.17. The fourth-order valence-corrected chi connectivity index (χ4v) is 12.0. The summed E-state index contributed by atoms with van der Waals surface area (Å²) in [5.41, 5.74) is 1.26. The smallest absolute Gasteiger partial charge is 0.175 e. The van der Waals surface area contributed by atoms with Gasteiger partial charge in [0.25, 0.3) is 0 Å². The molecule has 0 aliphatic rings. The van der Waals surface area contributed by atoms with Crippen LogP contribution in [0.4, 0.5) is 0 Å². The second kappa shape index (κ2) is 8.90. The Morgan fingerprint density at radius 3 is 2.00 bits per heavy atom. The summed E-state index contributed by atoms with van der Waals surface area (Å²) in [5, 5.41) is 0. The molecule has 0 amide bonds. The van der Waals surface area contributed by atoms with Gasteiger partial charge < -0.3 is 4.43 Å². The van der Waals surface area contributed by atoms with Crippen molar-refractivity contribution in [3.63, 3.8) is 0 Å². The molecule has 0 aromatic rings. The zero-order valence-corrected chi connectivity index (χ0v) is 17.3. The van der Waals surface area contributed by atoms with Crippen molar-refractivity contribution in [2.24, 2.45) is 0 Å². The standard InChI is InChI=1S/C15H36OSSi2/c1-9-11-12-13-15(17-10-2)16-19(7,8)18(5,6)14(3)4/h14-15H,9-13H2,1-8H3. The average molecular weight is 321 g/mol. The summed E-state index contributed by atoms with van der Waals surface area (Å²) in [6.45, 7) is 19.3. The Hall–Kier alpha value is 0.744. The number of hydrogen-bond donors (Lipinski definition) is 0. The van der Waals surface area contributed by atoms with E-state index in [1.54, 1.807) is 0 Å². The van der Waals surface area contributed by atoms with Gasteiger partial charge in [-0.05, 0) is 25.3 Å². The lowest BCUT2D eigenvalue weighted by atomic mass is 10.2. The van der Waals surface area contributed by atoms with Crippen LogP contribution in [0.3, 0.4) is 0 Å². The summed E-state index contributed by atoms with van der Waals surface area (Å²) in [7, 11) is -2.78. The molecule has 1 atom stereocenters. The zero-order chi connectivity index (χ0) is 15.1. The van der Waals surface area contributed by atoms with E-state index in [4.69, 9.17) is 4.43 Å². The maximum absolute atomic E-state index is 6.71. The molecule has 0 radical (unpaired) electrons. The Bertz CT molecular complexity index is 242. The SMILES string of the molecule is CCCCCC(O[Si](C)(C)[Si](C)(C)C(C)C)SCC. The second-order valence-electron chi connectivity index (χ2n) is 6.89. The van der Waals surface area contributed by atoms with Crippen molar-refractivity contribution in [3.05, 3.63) is 0 Å². The third-order valence-electron chi connectivity index (χ3n) is 4.82. The van der Waals surface area contributed by atoms with Crippen molar-refractivity contribution in [3.8, 4) is 0 Å². The van der Waals surface area contributed by atoms with E-state index in [1.165, 1.54) is 31.4 Å². The molecular weight excluding hydrogens is 284 g/mol. The molecule has 0 bridgehead atoms. The van der Waals surface area contributed by atoms with Crippen molar-refractivity contribution in [2.45, 2.75) is 90.5 Å². The molecular formula is C15H36OSSi2. The molecule has 0 aliphatic heterocycles. The lowest BCUT2D eigenvalue weighted by molar-refractivity contribution is 0.270. The van der Waals surface area contributed by atoms with E-state index in [9.17, 15) is 0 Å². The van der Waals surface area contributed by atoms with Gasteiger partial charge >= 0.3 is 0 Å². The fraction of sp³-hybridized carbons (Fsp3) is 1.00. The number of rotatable bonds is 10. The van der Waals surface area contributed by atoms with Crippen LogP contribution in [0.2, 0.25) is 31.7 Å². The maximum atomic E-state index is 6.71. The fourth-order valence-electron chi connectivity index (χ4n) is 2.10. The highest BCUT2D eigenvalue weighted by atomic mass is 32.2. The van der Waals surface area contributed by atoms with Gasteiger partial charge in [-0.3, -0.25) is 0 Å². The lowest BCUT2D eigenvalue weighted by Crippen LogP contribution is -2.59. The second-order valence-corrected chi connectivity index (χ2v) is 23.7. The van der Waals surface area contributed by atoms with Crippen LogP contribution >= 0.6 is 11.8 Å². The molecule has 4 heteroatoms. The highest BCUT2D eigenvalue weighted by molar-refractivity contribution is 7.99. The average Bonchev–Trinajstić information content (AvgIpc) is 2.28. The molecule has 0 saturated heterocycles. The van der Waals surface area contributed by atoms with Crippen LogP contribution < -0.4 is 0 Å². The van der Waals surface area contributed by atoms with Gasteiger partial charge in [0.15, 0.2) is 7.83 Å². The molecule has 0 aromatic carbocycles. The monoisotopic (exact) mass is 320 g/mol. The summed E-state index contributed by atoms with van der Waals surface area (Å²) in [6.07, 6.45) is 5.21. The van der Waals surface area contributed by atoms with Crippen molar-refractivity contribution in [1.82, 2.24) is 0 Å². The summed E-state index contributed by atoms with van der Waals surface area (Å²) >= 11 is 2.02. The molecule has 1 unspecified atom stereocenters. The van der Waals surface area contributed by atoms with E-state index in [1.807, 2.05) is 11.8 Å². The number of unbranched alkanes of at least 4 members (excludes halogenated alkanes) is 2. The number of hydrogen-bond acceptors (Lipinski definition) is 2. The van der Waals surface area contributed by atoms with Gasteiger partial charge in [-0.2, -0.15) is 0 Å². The van der Waals surface area contributed by atoms with Gasteiger partial charge in [-0.15, -0.1) is 11.8 Å². The van der Waals surface area contributed by atoms with Crippen molar-refractivity contribution in [1.29, 1.82) is 0 Å². The minimum Gasteiger partial charge on any atom is -0.408 e. The van der Waals surface area contributed by atoms with Gasteiger partial charge in [-0.1, -0.05) is 65.6 Å². The molecule has 19 heavy (non-hydrogen) atoms.